The minimum Gasteiger partial charge on any atom is -0.496 e. The summed E-state index contributed by atoms with van der Waals surface area (Å²) in [4.78, 5) is 29.2. The van der Waals surface area contributed by atoms with Gasteiger partial charge in [-0.3, -0.25) is 0 Å². The molecule has 166 valence electrons. The van der Waals surface area contributed by atoms with Crippen LogP contribution in [0.5, 0.6) is 17.2 Å². The molecule has 0 aromatic heterocycles. The second kappa shape index (κ2) is 9.58. The zero-order chi connectivity index (χ0) is 23.4. The Bertz CT molecular complexity index is 1300. The summed E-state index contributed by atoms with van der Waals surface area (Å²) >= 11 is 6.00. The van der Waals surface area contributed by atoms with E-state index in [0.717, 1.165) is 0 Å². The SMILES string of the molecule is COc1cc(/C=C2/N=C(c3cccc(Cl)c3)OC2=O)ccc1OC(=O)c1ccccc1OC. The molecule has 7 nitrogen and oxygen atoms in total. The van der Waals surface area contributed by atoms with Gasteiger partial charge in [0.05, 0.1) is 14.2 Å². The van der Waals surface area contributed by atoms with Gasteiger partial charge in [-0.2, -0.15) is 0 Å². The lowest BCUT2D eigenvalue weighted by molar-refractivity contribution is -0.129. The second-order valence-electron chi connectivity index (χ2n) is 6.85. The molecule has 3 aromatic rings. The normalized spacial score (nSPS) is 14.0. The highest BCUT2D eigenvalue weighted by atomic mass is 35.5. The highest BCUT2D eigenvalue weighted by Gasteiger charge is 2.24. The van der Waals surface area contributed by atoms with E-state index < -0.39 is 11.9 Å². The molecule has 3 aromatic carbocycles. The van der Waals surface area contributed by atoms with Gasteiger partial charge in [0, 0.05) is 10.6 Å². The van der Waals surface area contributed by atoms with Crippen molar-refractivity contribution in [1.82, 2.24) is 0 Å². The van der Waals surface area contributed by atoms with Crippen molar-refractivity contribution in [3.63, 3.8) is 0 Å². The van der Waals surface area contributed by atoms with Crippen molar-refractivity contribution < 1.29 is 28.5 Å². The molecule has 0 radical (unpaired) electrons. The van der Waals surface area contributed by atoms with Crippen molar-refractivity contribution in [2.75, 3.05) is 14.2 Å². The van der Waals surface area contributed by atoms with Gasteiger partial charge in [-0.15, -0.1) is 0 Å². The standard InChI is InChI=1S/C25H18ClNO6/c1-30-20-9-4-3-8-18(20)24(28)32-21-11-10-15(13-22(21)31-2)12-19-25(29)33-23(27-19)16-6-5-7-17(26)14-16/h3-14H,1-2H3/b19-12+. The third-order valence-electron chi connectivity index (χ3n) is 4.71. The van der Waals surface area contributed by atoms with Gasteiger partial charge in [0.1, 0.15) is 11.3 Å². The van der Waals surface area contributed by atoms with Gasteiger partial charge in [-0.25, -0.2) is 14.6 Å². The molecule has 0 N–H and O–H groups in total. The smallest absolute Gasteiger partial charge is 0.363 e. The summed E-state index contributed by atoms with van der Waals surface area (Å²) in [6.07, 6.45) is 1.55. The van der Waals surface area contributed by atoms with Crippen LogP contribution in [0.4, 0.5) is 0 Å². The lowest BCUT2D eigenvalue weighted by Crippen LogP contribution is -2.10. The molecule has 8 heteroatoms. The molecule has 1 aliphatic rings. The maximum Gasteiger partial charge on any atom is 0.363 e. The molecular weight excluding hydrogens is 446 g/mol. The summed E-state index contributed by atoms with van der Waals surface area (Å²) in [5.41, 5.74) is 1.60. The number of carbonyl (C=O) groups is 2. The predicted octanol–water partition coefficient (Wildman–Crippen LogP) is 4.92. The fourth-order valence-corrected chi connectivity index (χ4v) is 3.33. The second-order valence-corrected chi connectivity index (χ2v) is 7.28. The molecule has 0 atom stereocenters. The van der Waals surface area contributed by atoms with Gasteiger partial charge in [0.15, 0.2) is 17.2 Å². The van der Waals surface area contributed by atoms with Crippen molar-refractivity contribution in [2.24, 2.45) is 4.99 Å². The third-order valence-corrected chi connectivity index (χ3v) is 4.95. The van der Waals surface area contributed by atoms with Crippen LogP contribution in [-0.4, -0.2) is 32.1 Å². The average molecular weight is 464 g/mol. The molecule has 0 bridgehead atoms. The van der Waals surface area contributed by atoms with E-state index in [1.165, 1.54) is 14.2 Å². The van der Waals surface area contributed by atoms with Gasteiger partial charge in [0.2, 0.25) is 5.90 Å². The molecule has 0 unspecified atom stereocenters. The number of benzene rings is 3. The van der Waals surface area contributed by atoms with E-state index >= 15 is 0 Å². The van der Waals surface area contributed by atoms with E-state index in [4.69, 9.17) is 30.5 Å². The number of methoxy groups -OCH3 is 2. The number of nitrogens with zero attached hydrogens (tertiary/aromatic N) is 1. The Morgan fingerprint density at radius 1 is 0.939 bits per heavy atom. The van der Waals surface area contributed by atoms with Gasteiger partial charge in [-0.05, 0) is 54.1 Å². The average Bonchev–Trinajstić information content (AvgIpc) is 3.20. The number of halogens is 1. The summed E-state index contributed by atoms with van der Waals surface area (Å²) in [6.45, 7) is 0. The third kappa shape index (κ3) is 4.88. The molecule has 0 fully saturated rings. The zero-order valence-corrected chi connectivity index (χ0v) is 18.5. The number of ether oxygens (including phenoxy) is 4. The van der Waals surface area contributed by atoms with Gasteiger partial charge in [-0.1, -0.05) is 35.9 Å². The lowest BCUT2D eigenvalue weighted by Gasteiger charge is -2.11. The molecule has 4 rings (SSSR count). The van der Waals surface area contributed by atoms with Crippen molar-refractivity contribution in [2.45, 2.75) is 0 Å². The van der Waals surface area contributed by atoms with Crippen LogP contribution in [-0.2, 0) is 9.53 Å². The lowest BCUT2D eigenvalue weighted by atomic mass is 10.1. The molecule has 1 aliphatic heterocycles. The maximum atomic E-state index is 12.6. The molecule has 0 aliphatic carbocycles. The van der Waals surface area contributed by atoms with E-state index in [0.29, 0.717) is 27.6 Å². The van der Waals surface area contributed by atoms with E-state index in [1.807, 2.05) is 0 Å². The number of esters is 2. The van der Waals surface area contributed by atoms with Gasteiger partial charge in [0.25, 0.3) is 0 Å². The minimum atomic E-state index is -0.591. The Hall–Kier alpha value is -4.10. The van der Waals surface area contributed by atoms with Crippen LogP contribution in [0.25, 0.3) is 6.08 Å². The molecule has 0 saturated heterocycles. The number of hydrogen-bond acceptors (Lipinski definition) is 7. The summed E-state index contributed by atoms with van der Waals surface area (Å²) in [6, 6.07) is 18.5. The Kier molecular flexibility index (Phi) is 6.42. The first-order valence-corrected chi connectivity index (χ1v) is 10.2. The predicted molar refractivity (Wildman–Crippen MR) is 123 cm³/mol. The molecule has 0 saturated carbocycles. The van der Waals surface area contributed by atoms with E-state index in [1.54, 1.807) is 72.8 Å². The number of cyclic esters (lactones) is 1. The molecule has 0 spiro atoms. The quantitative estimate of drug-likeness (QED) is 0.293. The largest absolute Gasteiger partial charge is 0.496 e. The Balaban J connectivity index is 1.58. The maximum absolute atomic E-state index is 12.6. The van der Waals surface area contributed by atoms with Crippen LogP contribution in [0.15, 0.2) is 77.4 Å². The molecule has 0 amide bonds. The fourth-order valence-electron chi connectivity index (χ4n) is 3.14. The number of hydrogen-bond donors (Lipinski definition) is 0. The van der Waals surface area contributed by atoms with Crippen molar-refractivity contribution >= 4 is 35.5 Å². The summed E-state index contributed by atoms with van der Waals surface area (Å²) in [5, 5.41) is 0.506. The number of para-hydroxylation sites is 1. The van der Waals surface area contributed by atoms with Crippen molar-refractivity contribution in [3.8, 4) is 17.2 Å². The first-order chi connectivity index (χ1) is 16.0. The molecule has 33 heavy (non-hydrogen) atoms. The van der Waals surface area contributed by atoms with E-state index in [-0.39, 0.29) is 22.9 Å². The highest BCUT2D eigenvalue weighted by Crippen LogP contribution is 2.31. The van der Waals surface area contributed by atoms with Crippen molar-refractivity contribution in [3.05, 3.63) is 94.1 Å². The van der Waals surface area contributed by atoms with Crippen LogP contribution >= 0.6 is 11.6 Å². The molecular formula is C25H18ClNO6. The first-order valence-electron chi connectivity index (χ1n) is 9.80. The van der Waals surface area contributed by atoms with Crippen LogP contribution in [0.1, 0.15) is 21.5 Å². The van der Waals surface area contributed by atoms with Gasteiger partial charge >= 0.3 is 11.9 Å². The Morgan fingerprint density at radius 2 is 1.73 bits per heavy atom. The monoisotopic (exact) mass is 463 g/mol. The van der Waals surface area contributed by atoms with Crippen LogP contribution in [0.3, 0.4) is 0 Å². The minimum absolute atomic E-state index is 0.116. The number of aliphatic imine (C=N–C) groups is 1. The van der Waals surface area contributed by atoms with Gasteiger partial charge < -0.3 is 18.9 Å². The fraction of sp³-hybridized carbons (Fsp3) is 0.0800. The van der Waals surface area contributed by atoms with Crippen molar-refractivity contribution in [1.29, 1.82) is 0 Å². The topological polar surface area (TPSA) is 83.4 Å². The zero-order valence-electron chi connectivity index (χ0n) is 17.7. The Morgan fingerprint density at radius 3 is 2.48 bits per heavy atom. The van der Waals surface area contributed by atoms with Crippen LogP contribution in [0, 0.1) is 0 Å². The Labute approximate surface area is 194 Å². The first kappa shape index (κ1) is 22.1. The summed E-state index contributed by atoms with van der Waals surface area (Å²) in [5.74, 6) is -0.0905. The summed E-state index contributed by atoms with van der Waals surface area (Å²) < 4.78 is 21.3. The summed E-state index contributed by atoms with van der Waals surface area (Å²) in [7, 11) is 2.93. The van der Waals surface area contributed by atoms with E-state index in [9.17, 15) is 9.59 Å². The molecule has 1 heterocycles. The van der Waals surface area contributed by atoms with Crippen LogP contribution < -0.4 is 14.2 Å². The number of carbonyl (C=O) groups excluding carboxylic acids is 2. The van der Waals surface area contributed by atoms with E-state index in [2.05, 4.69) is 4.99 Å². The highest BCUT2D eigenvalue weighted by molar-refractivity contribution is 6.31. The van der Waals surface area contributed by atoms with Crippen LogP contribution in [0.2, 0.25) is 5.02 Å². The number of rotatable bonds is 6.